The Morgan fingerprint density at radius 2 is 2.04 bits per heavy atom. The lowest BCUT2D eigenvalue weighted by Crippen LogP contribution is -2.24. The van der Waals surface area contributed by atoms with E-state index < -0.39 is 0 Å². The predicted octanol–water partition coefficient (Wildman–Crippen LogP) is 4.24. The summed E-state index contributed by atoms with van der Waals surface area (Å²) in [6.07, 6.45) is 1.70. The van der Waals surface area contributed by atoms with Crippen molar-refractivity contribution in [3.63, 3.8) is 0 Å². The Morgan fingerprint density at radius 1 is 1.19 bits per heavy atom. The van der Waals surface area contributed by atoms with Crippen LogP contribution in [0.25, 0.3) is 0 Å². The summed E-state index contributed by atoms with van der Waals surface area (Å²) in [5.41, 5.74) is 2.36. The van der Waals surface area contributed by atoms with Gasteiger partial charge >= 0.3 is 0 Å². The number of aryl methyl sites for hydroxylation is 1. The van der Waals surface area contributed by atoms with E-state index in [1.54, 1.807) is 41.2 Å². The number of halogens is 2. The van der Waals surface area contributed by atoms with Gasteiger partial charge in [-0.15, -0.1) is 0 Å². The highest BCUT2D eigenvalue weighted by Crippen LogP contribution is 2.28. The average Bonchev–Trinajstić information content (AvgIpc) is 3.04. The highest BCUT2D eigenvalue weighted by molar-refractivity contribution is 6.35. The van der Waals surface area contributed by atoms with Crippen molar-refractivity contribution in [1.29, 1.82) is 0 Å². The molecule has 134 valence electrons. The van der Waals surface area contributed by atoms with Gasteiger partial charge in [-0.3, -0.25) is 9.48 Å². The molecule has 3 rings (SSSR count). The number of carbonyl (C=O) groups is 1. The van der Waals surface area contributed by atoms with Crippen molar-refractivity contribution in [2.75, 3.05) is 0 Å². The third-order valence-electron chi connectivity index (χ3n) is 3.83. The van der Waals surface area contributed by atoms with Crippen molar-refractivity contribution < 1.29 is 9.53 Å². The van der Waals surface area contributed by atoms with Crippen LogP contribution in [-0.4, -0.2) is 15.7 Å². The minimum atomic E-state index is -0.155. The molecule has 0 saturated carbocycles. The van der Waals surface area contributed by atoms with Crippen molar-refractivity contribution in [2.24, 2.45) is 7.05 Å². The first kappa shape index (κ1) is 18.3. The molecule has 0 saturated heterocycles. The molecule has 0 aliphatic heterocycles. The minimum Gasteiger partial charge on any atom is -0.487 e. The number of benzene rings is 2. The Bertz CT molecular complexity index is 925. The minimum absolute atomic E-state index is 0.155. The number of nitrogens with zero attached hydrogens (tertiary/aromatic N) is 2. The van der Waals surface area contributed by atoms with Gasteiger partial charge in [0.05, 0.1) is 17.3 Å². The first-order chi connectivity index (χ1) is 12.5. The molecule has 1 N–H and O–H groups in total. The van der Waals surface area contributed by atoms with E-state index in [0.717, 1.165) is 11.3 Å². The molecular weight excluding hydrogens is 373 g/mol. The number of carbonyl (C=O) groups excluding carboxylic acids is 1. The fourth-order valence-electron chi connectivity index (χ4n) is 2.40. The Labute approximate surface area is 161 Å². The molecule has 26 heavy (non-hydrogen) atoms. The molecule has 0 aliphatic rings. The molecule has 1 heterocycles. The summed E-state index contributed by atoms with van der Waals surface area (Å²) in [4.78, 5) is 12.4. The zero-order valence-electron chi connectivity index (χ0n) is 14.1. The normalized spacial score (nSPS) is 10.6. The smallest absolute Gasteiger partial charge is 0.251 e. The van der Waals surface area contributed by atoms with Crippen molar-refractivity contribution in [1.82, 2.24) is 15.1 Å². The van der Waals surface area contributed by atoms with Gasteiger partial charge in [-0.2, -0.15) is 5.10 Å². The molecule has 0 bridgehead atoms. The summed E-state index contributed by atoms with van der Waals surface area (Å²) in [6, 6.07) is 14.2. The van der Waals surface area contributed by atoms with Gasteiger partial charge in [0.25, 0.3) is 5.91 Å². The second-order valence-corrected chi connectivity index (χ2v) is 6.54. The number of amides is 1. The Hall–Kier alpha value is -2.50. The molecule has 0 atom stereocenters. The second-order valence-electron chi connectivity index (χ2n) is 5.69. The van der Waals surface area contributed by atoms with Crippen LogP contribution in [0.2, 0.25) is 10.0 Å². The molecule has 7 heteroatoms. The number of rotatable bonds is 6. The van der Waals surface area contributed by atoms with E-state index in [1.807, 2.05) is 25.2 Å². The van der Waals surface area contributed by atoms with E-state index >= 15 is 0 Å². The van der Waals surface area contributed by atoms with Crippen LogP contribution in [0.1, 0.15) is 21.6 Å². The predicted molar refractivity (Wildman–Crippen MR) is 102 cm³/mol. The summed E-state index contributed by atoms with van der Waals surface area (Å²) < 4.78 is 7.44. The number of hydrogen-bond donors (Lipinski definition) is 1. The Balaban J connectivity index is 1.62. The third kappa shape index (κ3) is 4.56. The van der Waals surface area contributed by atoms with Crippen molar-refractivity contribution in [3.05, 3.63) is 81.6 Å². The molecule has 5 nitrogen and oxygen atoms in total. The molecule has 0 spiro atoms. The van der Waals surface area contributed by atoms with Crippen LogP contribution in [0, 0.1) is 0 Å². The van der Waals surface area contributed by atoms with E-state index in [4.69, 9.17) is 27.9 Å². The Kier molecular flexibility index (Phi) is 5.81. The van der Waals surface area contributed by atoms with E-state index in [-0.39, 0.29) is 5.91 Å². The summed E-state index contributed by atoms with van der Waals surface area (Å²) in [6.45, 7) is 0.709. The molecular formula is C19H17Cl2N3O2. The molecule has 0 radical (unpaired) electrons. The summed E-state index contributed by atoms with van der Waals surface area (Å²) >= 11 is 12.0. The fourth-order valence-corrected chi connectivity index (χ4v) is 2.87. The molecule has 0 aliphatic carbocycles. The first-order valence-electron chi connectivity index (χ1n) is 7.95. The van der Waals surface area contributed by atoms with Crippen LogP contribution < -0.4 is 10.1 Å². The van der Waals surface area contributed by atoms with Crippen LogP contribution in [0.3, 0.4) is 0 Å². The van der Waals surface area contributed by atoms with Crippen LogP contribution in [0.5, 0.6) is 5.75 Å². The van der Waals surface area contributed by atoms with Gasteiger partial charge < -0.3 is 10.1 Å². The lowest BCUT2D eigenvalue weighted by Gasteiger charge is -2.10. The van der Waals surface area contributed by atoms with Gasteiger partial charge in [-0.1, -0.05) is 35.3 Å². The summed E-state index contributed by atoms with van der Waals surface area (Å²) in [7, 11) is 1.83. The van der Waals surface area contributed by atoms with Crippen LogP contribution >= 0.6 is 23.2 Å². The average molecular weight is 390 g/mol. The number of aromatic nitrogens is 2. The lowest BCUT2D eigenvalue weighted by molar-refractivity contribution is 0.0950. The topological polar surface area (TPSA) is 56.2 Å². The SMILES string of the molecule is Cn1nccc1CNC(=O)c1cccc(COc2ccc(Cl)cc2Cl)c1. The highest BCUT2D eigenvalue weighted by atomic mass is 35.5. The first-order valence-corrected chi connectivity index (χ1v) is 8.70. The molecule has 1 amide bonds. The lowest BCUT2D eigenvalue weighted by atomic mass is 10.1. The number of hydrogen-bond acceptors (Lipinski definition) is 3. The molecule has 0 fully saturated rings. The van der Waals surface area contributed by atoms with Gasteiger partial charge in [0.15, 0.2) is 0 Å². The van der Waals surface area contributed by atoms with Gasteiger partial charge in [0.2, 0.25) is 0 Å². The fraction of sp³-hybridized carbons (Fsp3) is 0.158. The highest BCUT2D eigenvalue weighted by Gasteiger charge is 2.08. The Morgan fingerprint density at radius 3 is 2.77 bits per heavy atom. The van der Waals surface area contributed by atoms with Gasteiger partial charge in [-0.25, -0.2) is 0 Å². The maximum absolute atomic E-state index is 12.4. The van der Waals surface area contributed by atoms with Crippen molar-refractivity contribution in [2.45, 2.75) is 13.2 Å². The van der Waals surface area contributed by atoms with Gasteiger partial charge in [-0.05, 0) is 42.0 Å². The third-order valence-corrected chi connectivity index (χ3v) is 4.36. The number of ether oxygens (including phenoxy) is 1. The summed E-state index contributed by atoms with van der Waals surface area (Å²) in [5.74, 6) is 0.389. The van der Waals surface area contributed by atoms with E-state index in [9.17, 15) is 4.79 Å². The monoisotopic (exact) mass is 389 g/mol. The second kappa shape index (κ2) is 8.25. The molecule has 0 unspecified atom stereocenters. The zero-order valence-corrected chi connectivity index (χ0v) is 15.6. The quantitative estimate of drug-likeness (QED) is 0.685. The molecule has 1 aromatic heterocycles. The zero-order chi connectivity index (χ0) is 18.5. The van der Waals surface area contributed by atoms with Crippen molar-refractivity contribution in [3.8, 4) is 5.75 Å². The van der Waals surface area contributed by atoms with Crippen LogP contribution in [0.15, 0.2) is 54.7 Å². The van der Waals surface area contributed by atoms with Gasteiger partial charge in [0.1, 0.15) is 12.4 Å². The molecule has 3 aromatic rings. The maximum Gasteiger partial charge on any atom is 0.251 e. The van der Waals surface area contributed by atoms with Crippen molar-refractivity contribution >= 4 is 29.1 Å². The summed E-state index contributed by atoms with van der Waals surface area (Å²) in [5, 5.41) is 7.96. The van der Waals surface area contributed by atoms with Gasteiger partial charge in [0, 0.05) is 23.8 Å². The van der Waals surface area contributed by atoms with Crippen LogP contribution in [0.4, 0.5) is 0 Å². The van der Waals surface area contributed by atoms with Crippen LogP contribution in [-0.2, 0) is 20.2 Å². The van der Waals surface area contributed by atoms with E-state index in [2.05, 4.69) is 10.4 Å². The molecule has 2 aromatic carbocycles. The maximum atomic E-state index is 12.4. The van der Waals surface area contributed by atoms with E-state index in [1.165, 1.54) is 0 Å². The standard InChI is InChI=1S/C19H17Cl2N3O2/c1-24-16(7-8-23-24)11-22-19(25)14-4-2-3-13(9-14)12-26-18-6-5-15(20)10-17(18)21/h2-10H,11-12H2,1H3,(H,22,25). The largest absolute Gasteiger partial charge is 0.487 e. The van der Waals surface area contributed by atoms with E-state index in [0.29, 0.717) is 34.5 Å². The number of nitrogens with one attached hydrogen (secondary N) is 1.